The van der Waals surface area contributed by atoms with Crippen LogP contribution in [0.25, 0.3) is 0 Å². The van der Waals surface area contributed by atoms with Gasteiger partial charge in [-0.15, -0.1) is 0 Å². The van der Waals surface area contributed by atoms with Crippen LogP contribution in [0, 0.1) is 29.1 Å². The molecule has 2 aliphatic rings. The van der Waals surface area contributed by atoms with Crippen molar-refractivity contribution in [2.75, 3.05) is 13.2 Å². The fraction of sp³-hybridized carbons (Fsp3) is 0.929. The van der Waals surface area contributed by atoms with Gasteiger partial charge in [0.2, 0.25) is 0 Å². The van der Waals surface area contributed by atoms with Gasteiger partial charge in [-0.3, -0.25) is 4.79 Å². The number of carbonyl (C=O) groups is 1. The maximum atomic E-state index is 12.2. The van der Waals surface area contributed by atoms with Gasteiger partial charge in [0, 0.05) is 13.0 Å². The first-order valence-corrected chi connectivity index (χ1v) is 6.78. The first-order chi connectivity index (χ1) is 8.00. The van der Waals surface area contributed by atoms with Crippen LogP contribution in [0.3, 0.4) is 0 Å². The van der Waals surface area contributed by atoms with Gasteiger partial charge in [0.1, 0.15) is 0 Å². The number of carbonyl (C=O) groups excluding carboxylic acids is 1. The van der Waals surface area contributed by atoms with Crippen LogP contribution in [-0.2, 0) is 9.53 Å². The second kappa shape index (κ2) is 4.60. The van der Waals surface area contributed by atoms with Crippen LogP contribution < -0.4 is 0 Å². The van der Waals surface area contributed by atoms with E-state index in [9.17, 15) is 4.79 Å². The van der Waals surface area contributed by atoms with Gasteiger partial charge in [-0.25, -0.2) is 0 Å². The summed E-state index contributed by atoms with van der Waals surface area (Å²) in [5.74, 6) is 2.52. The molecule has 0 aromatic heterocycles. The molecule has 5 atom stereocenters. The van der Waals surface area contributed by atoms with Crippen molar-refractivity contribution in [1.82, 2.24) is 0 Å². The third kappa shape index (κ3) is 1.99. The lowest BCUT2D eigenvalue weighted by Gasteiger charge is -2.38. The van der Waals surface area contributed by atoms with E-state index in [0.717, 1.165) is 12.3 Å². The van der Waals surface area contributed by atoms with Crippen molar-refractivity contribution in [3.05, 3.63) is 0 Å². The van der Waals surface area contributed by atoms with E-state index in [1.165, 1.54) is 6.42 Å². The molecule has 2 fully saturated rings. The van der Waals surface area contributed by atoms with E-state index in [0.29, 0.717) is 30.8 Å². The van der Waals surface area contributed by atoms with Crippen molar-refractivity contribution in [3.8, 4) is 0 Å². The van der Waals surface area contributed by atoms with Gasteiger partial charge in [0.25, 0.3) is 0 Å². The molecule has 2 saturated carbocycles. The fourth-order valence-corrected chi connectivity index (χ4v) is 3.99. The van der Waals surface area contributed by atoms with E-state index in [1.54, 1.807) is 0 Å². The molecule has 5 unspecified atom stereocenters. The lowest BCUT2D eigenvalue weighted by Crippen LogP contribution is -2.40. The largest absolute Gasteiger partial charge is 0.465 e. The Hall–Kier alpha value is -0.570. The van der Waals surface area contributed by atoms with Crippen molar-refractivity contribution < 1.29 is 14.6 Å². The SMILES string of the molecule is CC1C2CC(C1C)C(C)(C(=O)OCCCO)C2. The van der Waals surface area contributed by atoms with Gasteiger partial charge < -0.3 is 9.84 Å². The van der Waals surface area contributed by atoms with Gasteiger partial charge in [-0.1, -0.05) is 13.8 Å². The topological polar surface area (TPSA) is 46.5 Å². The normalized spacial score (nSPS) is 44.0. The van der Waals surface area contributed by atoms with Crippen LogP contribution in [0.15, 0.2) is 0 Å². The molecule has 3 nitrogen and oxygen atoms in total. The molecule has 0 aliphatic heterocycles. The zero-order valence-corrected chi connectivity index (χ0v) is 11.1. The minimum absolute atomic E-state index is 0.0443. The van der Waals surface area contributed by atoms with E-state index < -0.39 is 0 Å². The standard InChI is InChI=1S/C14H24O3/c1-9-10(2)12-7-11(9)8-14(12,3)13(16)17-6-4-5-15/h9-12,15H,4-8H2,1-3H3. The summed E-state index contributed by atoms with van der Waals surface area (Å²) in [6.45, 7) is 7.09. The Balaban J connectivity index is 1.99. The average molecular weight is 240 g/mol. The molecular formula is C14H24O3. The van der Waals surface area contributed by atoms with Gasteiger partial charge in [0.05, 0.1) is 12.0 Å². The third-order valence-electron chi connectivity index (χ3n) is 5.27. The summed E-state index contributed by atoms with van der Waals surface area (Å²) >= 11 is 0. The Kier molecular flexibility index (Phi) is 3.48. The summed E-state index contributed by atoms with van der Waals surface area (Å²) in [5, 5.41) is 8.70. The number of hydrogen-bond acceptors (Lipinski definition) is 3. The summed E-state index contributed by atoms with van der Waals surface area (Å²) in [4.78, 5) is 12.2. The van der Waals surface area contributed by atoms with E-state index in [2.05, 4.69) is 20.8 Å². The predicted octanol–water partition coefficient (Wildman–Crippen LogP) is 2.23. The maximum absolute atomic E-state index is 12.2. The molecule has 0 aromatic carbocycles. The first kappa shape index (κ1) is 12.9. The monoisotopic (exact) mass is 240 g/mol. The molecule has 0 amide bonds. The second-order valence-corrected chi connectivity index (χ2v) is 6.16. The Morgan fingerprint density at radius 3 is 2.65 bits per heavy atom. The van der Waals surface area contributed by atoms with Gasteiger partial charge >= 0.3 is 5.97 Å². The Bertz CT molecular complexity index is 300. The summed E-state index contributed by atoms with van der Waals surface area (Å²) in [5.41, 5.74) is -0.272. The average Bonchev–Trinajstić information content (AvgIpc) is 2.78. The number of aliphatic hydroxyl groups excluding tert-OH is 1. The minimum atomic E-state index is -0.272. The molecule has 2 rings (SSSR count). The van der Waals surface area contributed by atoms with Crippen LogP contribution in [0.1, 0.15) is 40.0 Å². The number of esters is 1. The van der Waals surface area contributed by atoms with Crippen molar-refractivity contribution in [2.45, 2.75) is 40.0 Å². The second-order valence-electron chi connectivity index (χ2n) is 6.16. The van der Waals surface area contributed by atoms with E-state index in [1.807, 2.05) is 0 Å². The zero-order valence-electron chi connectivity index (χ0n) is 11.1. The quantitative estimate of drug-likeness (QED) is 0.605. The van der Waals surface area contributed by atoms with Crippen LogP contribution in [0.4, 0.5) is 0 Å². The number of rotatable bonds is 4. The van der Waals surface area contributed by atoms with Gasteiger partial charge in [0.15, 0.2) is 0 Å². The summed E-state index contributed by atoms with van der Waals surface area (Å²) in [7, 11) is 0. The number of ether oxygens (including phenoxy) is 1. The van der Waals surface area contributed by atoms with Crippen molar-refractivity contribution >= 4 is 5.97 Å². The highest BCUT2D eigenvalue weighted by atomic mass is 16.5. The number of aliphatic hydroxyl groups is 1. The summed E-state index contributed by atoms with van der Waals surface area (Å²) < 4.78 is 5.31. The summed E-state index contributed by atoms with van der Waals surface area (Å²) in [6.07, 6.45) is 2.72. The predicted molar refractivity (Wildman–Crippen MR) is 65.3 cm³/mol. The smallest absolute Gasteiger partial charge is 0.312 e. The van der Waals surface area contributed by atoms with E-state index in [4.69, 9.17) is 9.84 Å². The molecule has 0 radical (unpaired) electrons. The van der Waals surface area contributed by atoms with Crippen molar-refractivity contribution in [1.29, 1.82) is 0 Å². The minimum Gasteiger partial charge on any atom is -0.465 e. The molecule has 98 valence electrons. The fourth-order valence-electron chi connectivity index (χ4n) is 3.99. The lowest BCUT2D eigenvalue weighted by molar-refractivity contribution is -0.160. The molecule has 3 heteroatoms. The third-order valence-corrected chi connectivity index (χ3v) is 5.27. The maximum Gasteiger partial charge on any atom is 0.312 e. The lowest BCUT2D eigenvalue weighted by atomic mass is 9.67. The molecule has 0 aromatic rings. The molecule has 0 saturated heterocycles. The number of hydrogen-bond donors (Lipinski definition) is 1. The Morgan fingerprint density at radius 1 is 1.41 bits per heavy atom. The van der Waals surface area contributed by atoms with E-state index >= 15 is 0 Å². The van der Waals surface area contributed by atoms with Crippen LogP contribution in [0.2, 0.25) is 0 Å². The van der Waals surface area contributed by atoms with Crippen molar-refractivity contribution in [2.24, 2.45) is 29.1 Å². The Morgan fingerprint density at radius 2 is 2.12 bits per heavy atom. The highest BCUT2D eigenvalue weighted by Gasteiger charge is 2.59. The van der Waals surface area contributed by atoms with Crippen LogP contribution >= 0.6 is 0 Å². The molecule has 0 spiro atoms. The molecule has 2 aliphatic carbocycles. The Labute approximate surface area is 104 Å². The highest BCUT2D eigenvalue weighted by molar-refractivity contribution is 5.77. The van der Waals surface area contributed by atoms with Gasteiger partial charge in [-0.05, 0) is 43.4 Å². The van der Waals surface area contributed by atoms with Gasteiger partial charge in [-0.2, -0.15) is 0 Å². The molecular weight excluding hydrogens is 216 g/mol. The zero-order chi connectivity index (χ0) is 12.6. The first-order valence-electron chi connectivity index (χ1n) is 6.78. The molecule has 17 heavy (non-hydrogen) atoms. The van der Waals surface area contributed by atoms with E-state index in [-0.39, 0.29) is 18.0 Å². The molecule has 2 bridgehead atoms. The van der Waals surface area contributed by atoms with Crippen LogP contribution in [0.5, 0.6) is 0 Å². The molecule has 1 N–H and O–H groups in total. The summed E-state index contributed by atoms with van der Waals surface area (Å²) in [6, 6.07) is 0. The van der Waals surface area contributed by atoms with Crippen LogP contribution in [-0.4, -0.2) is 24.3 Å². The van der Waals surface area contributed by atoms with Crippen molar-refractivity contribution in [3.63, 3.8) is 0 Å². The molecule has 0 heterocycles. The number of fused-ring (bicyclic) bond motifs is 2. The highest BCUT2D eigenvalue weighted by Crippen LogP contribution is 2.61.